The lowest BCUT2D eigenvalue weighted by Gasteiger charge is -2.30. The van der Waals surface area contributed by atoms with E-state index < -0.39 is 41.7 Å². The number of anilines is 1. The maximum atomic E-state index is 14.5. The van der Waals surface area contributed by atoms with E-state index in [1.165, 1.54) is 30.5 Å². The first kappa shape index (κ1) is 27.0. The van der Waals surface area contributed by atoms with Crippen molar-refractivity contribution in [2.75, 3.05) is 5.32 Å². The molecular weight excluding hydrogens is 481 g/mol. The van der Waals surface area contributed by atoms with Crippen LogP contribution in [0.15, 0.2) is 72.8 Å². The number of nitrogens with one attached hydrogen (secondary N) is 2. The third kappa shape index (κ3) is 5.62. The Morgan fingerprint density at radius 3 is 2.21 bits per heavy atom. The summed E-state index contributed by atoms with van der Waals surface area (Å²) in [6, 6.07) is 18.6. The minimum atomic E-state index is -1.18. The molecule has 1 saturated heterocycles. The number of aryl methyl sites for hydroxylation is 1. The van der Waals surface area contributed by atoms with Crippen LogP contribution in [0, 0.1) is 12.7 Å². The molecule has 1 heterocycles. The molecule has 1 saturated carbocycles. The van der Waals surface area contributed by atoms with Crippen LogP contribution in [-0.4, -0.2) is 28.8 Å². The summed E-state index contributed by atoms with van der Waals surface area (Å²) < 4.78 is 14.5. The van der Waals surface area contributed by atoms with Crippen LogP contribution in [0.5, 0.6) is 0 Å². The molecular formula is C31H34FN3O3. The first-order chi connectivity index (χ1) is 18.3. The summed E-state index contributed by atoms with van der Waals surface area (Å²) in [4.78, 5) is 41.3. The Kier molecular flexibility index (Phi) is 8.25. The van der Waals surface area contributed by atoms with Crippen LogP contribution >= 0.6 is 0 Å². The van der Waals surface area contributed by atoms with Gasteiger partial charge in [-0.05, 0) is 60.1 Å². The number of halogens is 1. The topological polar surface area (TPSA) is 78.5 Å². The zero-order chi connectivity index (χ0) is 27.4. The molecule has 2 fully saturated rings. The molecule has 1 aliphatic heterocycles. The third-order valence-corrected chi connectivity index (χ3v) is 7.02. The van der Waals surface area contributed by atoms with Gasteiger partial charge >= 0.3 is 6.03 Å². The van der Waals surface area contributed by atoms with Gasteiger partial charge in [-0.25, -0.2) is 14.1 Å². The third-order valence-electron chi connectivity index (χ3n) is 7.02. The average molecular weight is 516 g/mol. The van der Waals surface area contributed by atoms with Gasteiger partial charge in [0.05, 0.1) is 5.69 Å². The molecule has 7 heteroatoms. The highest BCUT2D eigenvalue weighted by molar-refractivity contribution is 6.10. The molecule has 3 aromatic rings. The van der Waals surface area contributed by atoms with Crippen molar-refractivity contribution in [3.63, 3.8) is 0 Å². The smallest absolute Gasteiger partial charge is 0.322 e. The van der Waals surface area contributed by atoms with Crippen molar-refractivity contribution in [1.29, 1.82) is 0 Å². The van der Waals surface area contributed by atoms with Crippen LogP contribution < -0.4 is 10.6 Å². The Morgan fingerprint density at radius 1 is 0.974 bits per heavy atom. The molecule has 0 spiro atoms. The molecule has 5 rings (SSSR count). The largest absolute Gasteiger partial charge is 0.325 e. The molecule has 1 aliphatic carbocycles. The van der Waals surface area contributed by atoms with Crippen molar-refractivity contribution < 1.29 is 18.8 Å². The van der Waals surface area contributed by atoms with Gasteiger partial charge in [0, 0.05) is 5.92 Å². The van der Waals surface area contributed by atoms with Crippen LogP contribution in [0.4, 0.5) is 14.9 Å². The van der Waals surface area contributed by atoms with Gasteiger partial charge < -0.3 is 10.6 Å². The molecule has 3 atom stereocenters. The van der Waals surface area contributed by atoms with E-state index in [1.807, 2.05) is 68.4 Å². The Morgan fingerprint density at radius 2 is 1.61 bits per heavy atom. The second-order valence-corrected chi connectivity index (χ2v) is 9.65. The molecule has 38 heavy (non-hydrogen) atoms. The number of carbonyl (C=O) groups is 3. The van der Waals surface area contributed by atoms with Gasteiger partial charge in [-0.2, -0.15) is 0 Å². The zero-order valence-electron chi connectivity index (χ0n) is 22.2. The van der Waals surface area contributed by atoms with Crippen LogP contribution in [0.3, 0.4) is 0 Å². The monoisotopic (exact) mass is 515 g/mol. The molecule has 4 amide bonds. The second-order valence-electron chi connectivity index (χ2n) is 9.65. The number of amides is 4. The minimum Gasteiger partial charge on any atom is -0.322 e. The predicted octanol–water partition coefficient (Wildman–Crippen LogP) is 6.44. The molecule has 2 N–H and O–H groups in total. The molecule has 6 nitrogen and oxygen atoms in total. The average Bonchev–Trinajstić information content (AvgIpc) is 3.74. The van der Waals surface area contributed by atoms with Crippen LogP contribution in [-0.2, 0) is 9.59 Å². The number of nitrogens with zero attached hydrogens (tertiary/aromatic N) is 1. The predicted molar refractivity (Wildman–Crippen MR) is 146 cm³/mol. The molecule has 0 bridgehead atoms. The number of rotatable bonds is 7. The number of hydrogen-bond donors (Lipinski definition) is 2. The lowest BCUT2D eigenvalue weighted by molar-refractivity contribution is -0.134. The normalized spacial score (nSPS) is 18.2. The van der Waals surface area contributed by atoms with E-state index >= 15 is 0 Å². The van der Waals surface area contributed by atoms with Gasteiger partial charge in [-0.15, -0.1) is 0 Å². The second kappa shape index (κ2) is 11.6. The van der Waals surface area contributed by atoms with Crippen molar-refractivity contribution >= 4 is 23.5 Å². The maximum absolute atomic E-state index is 14.5. The fourth-order valence-electron chi connectivity index (χ4n) is 4.80. The fourth-order valence-corrected chi connectivity index (χ4v) is 4.80. The van der Waals surface area contributed by atoms with Gasteiger partial charge in [0.15, 0.2) is 0 Å². The summed E-state index contributed by atoms with van der Waals surface area (Å²) in [5.74, 6) is -1.69. The van der Waals surface area contributed by atoms with Gasteiger partial charge in [0.2, 0.25) is 5.91 Å². The Bertz CT molecular complexity index is 1310. The minimum absolute atomic E-state index is 0.00451. The Labute approximate surface area is 223 Å². The Hall–Kier alpha value is -4.00. The van der Waals surface area contributed by atoms with E-state index in [0.29, 0.717) is 17.0 Å². The highest BCUT2D eigenvalue weighted by Gasteiger charge is 2.47. The highest BCUT2D eigenvalue weighted by atomic mass is 19.1. The standard InChI is InChI=1S/C29H28FN3O3.C2H6/c1-17-8-15-24(23(30)16-17)31-27(34)26(18(2)19-6-4-3-5-7-19)33-28(35)25(32-29(33)36)22-13-11-21(12-14-22)20-9-10-20;1-2/h3-8,11-16,18,20,25-26H,9-10H2,1-2H3,(H,31,34)(H,32,36);1-2H3. The van der Waals surface area contributed by atoms with Crippen LogP contribution in [0.2, 0.25) is 0 Å². The summed E-state index contributed by atoms with van der Waals surface area (Å²) in [7, 11) is 0. The molecule has 2 aliphatic rings. The van der Waals surface area contributed by atoms with E-state index in [1.54, 1.807) is 19.9 Å². The number of imide groups is 1. The van der Waals surface area contributed by atoms with Crippen molar-refractivity contribution in [3.8, 4) is 0 Å². The fraction of sp³-hybridized carbons (Fsp3) is 0.323. The van der Waals surface area contributed by atoms with Crippen molar-refractivity contribution in [2.24, 2.45) is 0 Å². The maximum Gasteiger partial charge on any atom is 0.325 e. The first-order valence-electron chi connectivity index (χ1n) is 13.2. The van der Waals surface area contributed by atoms with Gasteiger partial charge in [-0.3, -0.25) is 9.59 Å². The molecule has 198 valence electrons. The van der Waals surface area contributed by atoms with Crippen molar-refractivity contribution in [1.82, 2.24) is 10.2 Å². The zero-order valence-corrected chi connectivity index (χ0v) is 22.2. The number of hydrogen-bond acceptors (Lipinski definition) is 3. The quantitative estimate of drug-likeness (QED) is 0.355. The molecule has 0 radical (unpaired) electrons. The number of benzene rings is 3. The van der Waals surface area contributed by atoms with E-state index in [9.17, 15) is 18.8 Å². The van der Waals surface area contributed by atoms with Gasteiger partial charge in [-0.1, -0.05) is 81.4 Å². The van der Waals surface area contributed by atoms with Gasteiger partial charge in [0.25, 0.3) is 5.91 Å². The highest BCUT2D eigenvalue weighted by Crippen LogP contribution is 2.40. The summed E-state index contributed by atoms with van der Waals surface area (Å²) >= 11 is 0. The van der Waals surface area contributed by atoms with Crippen LogP contribution in [0.1, 0.15) is 73.7 Å². The van der Waals surface area contributed by atoms with Gasteiger partial charge in [0.1, 0.15) is 17.9 Å². The molecule has 0 aromatic heterocycles. The van der Waals surface area contributed by atoms with Crippen molar-refractivity contribution in [2.45, 2.75) is 64.5 Å². The summed E-state index contributed by atoms with van der Waals surface area (Å²) in [5.41, 5.74) is 3.37. The summed E-state index contributed by atoms with van der Waals surface area (Å²) in [6.07, 6.45) is 2.34. The van der Waals surface area contributed by atoms with E-state index in [4.69, 9.17) is 0 Å². The molecule has 3 aromatic carbocycles. The lowest BCUT2D eigenvalue weighted by Crippen LogP contribution is -2.50. The Balaban J connectivity index is 0.00000164. The SMILES string of the molecule is CC.Cc1ccc(NC(=O)C(C(C)c2ccccc2)N2C(=O)NC(c3ccc(C4CC4)cc3)C2=O)c(F)c1. The summed E-state index contributed by atoms with van der Waals surface area (Å²) in [6.45, 7) is 7.53. The lowest BCUT2D eigenvalue weighted by atomic mass is 9.91. The van der Waals surface area contributed by atoms with Crippen LogP contribution in [0.25, 0.3) is 0 Å². The molecule has 3 unspecified atom stereocenters. The van der Waals surface area contributed by atoms with E-state index in [-0.39, 0.29) is 5.69 Å². The summed E-state index contributed by atoms with van der Waals surface area (Å²) in [5, 5.41) is 5.34. The number of carbonyl (C=O) groups excluding carboxylic acids is 3. The first-order valence-corrected chi connectivity index (χ1v) is 13.2. The number of urea groups is 1. The van der Waals surface area contributed by atoms with E-state index in [0.717, 1.165) is 10.5 Å². The van der Waals surface area contributed by atoms with Crippen molar-refractivity contribution in [3.05, 3.63) is 101 Å². The van der Waals surface area contributed by atoms with E-state index in [2.05, 4.69) is 10.6 Å².